The van der Waals surface area contributed by atoms with E-state index in [0.717, 1.165) is 16.5 Å². The molecule has 1 aliphatic rings. The van der Waals surface area contributed by atoms with Crippen LogP contribution in [0.15, 0.2) is 5.38 Å². The van der Waals surface area contributed by atoms with Crippen LogP contribution in [0, 0.1) is 0 Å². The first-order valence-corrected chi connectivity index (χ1v) is 7.13. The summed E-state index contributed by atoms with van der Waals surface area (Å²) < 4.78 is 0. The SMILES string of the molecule is CC(C)(C)c1nc(Cn2nnc(C3CC3)n2)cs1. The van der Waals surface area contributed by atoms with Gasteiger partial charge in [-0.15, -0.1) is 21.5 Å². The predicted molar refractivity (Wildman–Crippen MR) is 69.7 cm³/mol. The van der Waals surface area contributed by atoms with Crippen molar-refractivity contribution in [1.29, 1.82) is 0 Å². The van der Waals surface area contributed by atoms with Crippen LogP contribution in [0.5, 0.6) is 0 Å². The fourth-order valence-electron chi connectivity index (χ4n) is 1.70. The number of thiazole rings is 1. The van der Waals surface area contributed by atoms with Gasteiger partial charge in [0, 0.05) is 16.7 Å². The molecule has 0 amide bonds. The zero-order chi connectivity index (χ0) is 12.8. The fraction of sp³-hybridized carbons (Fsp3) is 0.667. The Kier molecular flexibility index (Phi) is 2.69. The summed E-state index contributed by atoms with van der Waals surface area (Å²) in [6.45, 7) is 7.14. The first kappa shape index (κ1) is 11.8. The molecule has 0 bridgehead atoms. The van der Waals surface area contributed by atoms with Gasteiger partial charge in [0.1, 0.15) is 6.54 Å². The standard InChI is InChI=1S/C12H17N5S/c1-12(2,3)11-13-9(7-18-11)6-17-15-10(14-16-17)8-4-5-8/h7-8H,4-6H2,1-3H3. The van der Waals surface area contributed by atoms with Crippen molar-refractivity contribution in [2.24, 2.45) is 0 Å². The third-order valence-corrected chi connectivity index (χ3v) is 4.22. The predicted octanol–water partition coefficient (Wildman–Crippen LogP) is 2.35. The lowest BCUT2D eigenvalue weighted by Gasteiger charge is -2.13. The van der Waals surface area contributed by atoms with E-state index in [1.807, 2.05) is 0 Å². The third-order valence-electron chi connectivity index (χ3n) is 2.91. The Morgan fingerprint density at radius 3 is 2.78 bits per heavy atom. The molecule has 3 rings (SSSR count). The van der Waals surface area contributed by atoms with Gasteiger partial charge in [0.2, 0.25) is 0 Å². The Morgan fingerprint density at radius 2 is 2.17 bits per heavy atom. The fourth-order valence-corrected chi connectivity index (χ4v) is 2.59. The lowest BCUT2D eigenvalue weighted by atomic mass is 9.98. The highest BCUT2D eigenvalue weighted by molar-refractivity contribution is 7.09. The molecule has 18 heavy (non-hydrogen) atoms. The zero-order valence-electron chi connectivity index (χ0n) is 10.9. The summed E-state index contributed by atoms with van der Waals surface area (Å²) in [5, 5.41) is 15.8. The molecule has 0 saturated heterocycles. The molecule has 2 heterocycles. The van der Waals surface area contributed by atoms with E-state index in [4.69, 9.17) is 0 Å². The molecular formula is C12H17N5S. The Morgan fingerprint density at radius 1 is 1.39 bits per heavy atom. The van der Waals surface area contributed by atoms with Gasteiger partial charge in [0.25, 0.3) is 0 Å². The van der Waals surface area contributed by atoms with Crippen LogP contribution in [0.1, 0.15) is 56.1 Å². The second-order valence-electron chi connectivity index (χ2n) is 5.85. The summed E-state index contributed by atoms with van der Waals surface area (Å²) in [5.41, 5.74) is 1.13. The van der Waals surface area contributed by atoms with Crippen molar-refractivity contribution in [3.05, 3.63) is 21.9 Å². The summed E-state index contributed by atoms with van der Waals surface area (Å²) in [7, 11) is 0. The maximum absolute atomic E-state index is 4.64. The van der Waals surface area contributed by atoms with Crippen LogP contribution in [0.25, 0.3) is 0 Å². The van der Waals surface area contributed by atoms with Crippen molar-refractivity contribution in [3.63, 3.8) is 0 Å². The van der Waals surface area contributed by atoms with Crippen LogP contribution in [0.4, 0.5) is 0 Å². The van der Waals surface area contributed by atoms with Gasteiger partial charge >= 0.3 is 0 Å². The molecule has 0 atom stereocenters. The lowest BCUT2D eigenvalue weighted by Crippen LogP contribution is -2.11. The van der Waals surface area contributed by atoms with E-state index in [2.05, 4.69) is 46.5 Å². The number of nitrogens with zero attached hydrogens (tertiary/aromatic N) is 5. The van der Waals surface area contributed by atoms with E-state index >= 15 is 0 Å². The van der Waals surface area contributed by atoms with Crippen molar-refractivity contribution in [1.82, 2.24) is 25.2 Å². The van der Waals surface area contributed by atoms with Gasteiger partial charge in [-0.2, -0.15) is 4.80 Å². The number of hydrogen-bond donors (Lipinski definition) is 0. The Hall–Kier alpha value is -1.30. The van der Waals surface area contributed by atoms with E-state index in [9.17, 15) is 0 Å². The van der Waals surface area contributed by atoms with Crippen molar-refractivity contribution >= 4 is 11.3 Å². The third kappa shape index (κ3) is 2.43. The Bertz CT molecular complexity index is 547. The molecular weight excluding hydrogens is 246 g/mol. The Balaban J connectivity index is 1.73. The van der Waals surface area contributed by atoms with Gasteiger partial charge < -0.3 is 0 Å². The van der Waals surface area contributed by atoms with Gasteiger partial charge in [-0.3, -0.25) is 0 Å². The normalized spacial score (nSPS) is 16.2. The molecule has 0 unspecified atom stereocenters. The summed E-state index contributed by atoms with van der Waals surface area (Å²) in [5.74, 6) is 1.44. The van der Waals surface area contributed by atoms with Gasteiger partial charge in [-0.25, -0.2) is 4.98 Å². The minimum Gasteiger partial charge on any atom is -0.244 e. The average Bonchev–Trinajstić information content (AvgIpc) is 2.85. The second kappa shape index (κ2) is 4.12. The molecule has 1 aliphatic carbocycles. The molecule has 2 aromatic heterocycles. The maximum atomic E-state index is 4.64. The quantitative estimate of drug-likeness (QED) is 0.853. The van der Waals surface area contributed by atoms with E-state index in [0.29, 0.717) is 12.5 Å². The second-order valence-corrected chi connectivity index (χ2v) is 6.70. The minimum absolute atomic E-state index is 0.109. The largest absolute Gasteiger partial charge is 0.244 e. The number of tetrazole rings is 1. The molecule has 0 radical (unpaired) electrons. The van der Waals surface area contributed by atoms with Crippen LogP contribution in [0.3, 0.4) is 0 Å². The highest BCUT2D eigenvalue weighted by atomic mass is 32.1. The van der Waals surface area contributed by atoms with Crippen LogP contribution in [-0.4, -0.2) is 25.2 Å². The van der Waals surface area contributed by atoms with E-state index in [-0.39, 0.29) is 5.41 Å². The van der Waals surface area contributed by atoms with Crippen LogP contribution >= 0.6 is 11.3 Å². The van der Waals surface area contributed by atoms with Crippen molar-refractivity contribution in [3.8, 4) is 0 Å². The molecule has 6 heteroatoms. The maximum Gasteiger partial charge on any atom is 0.177 e. The summed E-state index contributed by atoms with van der Waals surface area (Å²) in [6, 6.07) is 0. The van der Waals surface area contributed by atoms with E-state index < -0.39 is 0 Å². The van der Waals surface area contributed by atoms with Gasteiger partial charge in [-0.1, -0.05) is 20.8 Å². The monoisotopic (exact) mass is 263 g/mol. The first-order chi connectivity index (χ1) is 8.52. The van der Waals surface area contributed by atoms with Gasteiger partial charge in [0.15, 0.2) is 5.82 Å². The molecule has 0 spiro atoms. The van der Waals surface area contributed by atoms with Crippen LogP contribution in [-0.2, 0) is 12.0 Å². The summed E-state index contributed by atoms with van der Waals surface area (Å²) in [6.07, 6.45) is 2.41. The number of rotatable bonds is 3. The van der Waals surface area contributed by atoms with E-state index in [1.165, 1.54) is 12.8 Å². The highest BCUT2D eigenvalue weighted by Gasteiger charge is 2.28. The van der Waals surface area contributed by atoms with Gasteiger partial charge in [0.05, 0.1) is 10.7 Å². The van der Waals surface area contributed by atoms with E-state index in [1.54, 1.807) is 16.1 Å². The molecule has 1 saturated carbocycles. The first-order valence-electron chi connectivity index (χ1n) is 6.25. The average molecular weight is 263 g/mol. The summed E-state index contributed by atoms with van der Waals surface area (Å²) >= 11 is 1.70. The molecule has 0 N–H and O–H groups in total. The topological polar surface area (TPSA) is 56.5 Å². The van der Waals surface area contributed by atoms with Crippen LogP contribution in [0.2, 0.25) is 0 Å². The summed E-state index contributed by atoms with van der Waals surface area (Å²) in [4.78, 5) is 6.28. The molecule has 0 aliphatic heterocycles. The zero-order valence-corrected chi connectivity index (χ0v) is 11.7. The highest BCUT2D eigenvalue weighted by Crippen LogP contribution is 2.37. The smallest absolute Gasteiger partial charge is 0.177 e. The minimum atomic E-state index is 0.109. The molecule has 0 aromatic carbocycles. The molecule has 2 aromatic rings. The van der Waals surface area contributed by atoms with Crippen LogP contribution < -0.4 is 0 Å². The Labute approximate surface area is 110 Å². The number of hydrogen-bond acceptors (Lipinski definition) is 5. The molecule has 5 nitrogen and oxygen atoms in total. The van der Waals surface area contributed by atoms with Crippen molar-refractivity contribution in [2.75, 3.05) is 0 Å². The van der Waals surface area contributed by atoms with Gasteiger partial charge in [-0.05, 0) is 18.1 Å². The molecule has 96 valence electrons. The van der Waals surface area contributed by atoms with Crippen molar-refractivity contribution < 1.29 is 0 Å². The van der Waals surface area contributed by atoms with Crippen molar-refractivity contribution in [2.45, 2.75) is 51.5 Å². The number of aromatic nitrogens is 5. The lowest BCUT2D eigenvalue weighted by molar-refractivity contribution is 0.551. The molecule has 1 fully saturated rings.